The van der Waals surface area contributed by atoms with E-state index in [1.54, 1.807) is 18.2 Å². The number of nitrogens with one attached hydrogen (secondary N) is 1. The molecule has 94 valence electrons. The second-order valence-corrected chi connectivity index (χ2v) is 5.04. The van der Waals surface area contributed by atoms with Crippen molar-refractivity contribution in [2.45, 2.75) is 6.42 Å². The lowest BCUT2D eigenvalue weighted by molar-refractivity contribution is 0.0953. The molecule has 0 aliphatic heterocycles. The summed E-state index contributed by atoms with van der Waals surface area (Å²) >= 11 is 8.06. The monoisotopic (exact) mass is 377 g/mol. The number of halogens is 2. The van der Waals surface area contributed by atoms with E-state index in [2.05, 4.69) is 38.0 Å². The minimum atomic E-state index is -0.173. The van der Waals surface area contributed by atoms with E-state index in [9.17, 15) is 4.79 Å². The molecule has 1 aromatic carbocycles. The van der Waals surface area contributed by atoms with Gasteiger partial charge in [-0.2, -0.15) is 4.98 Å². The summed E-state index contributed by atoms with van der Waals surface area (Å²) < 4.78 is 5.73. The van der Waals surface area contributed by atoms with E-state index in [4.69, 9.17) is 16.1 Å². The summed E-state index contributed by atoms with van der Waals surface area (Å²) in [6, 6.07) is 5.18. The van der Waals surface area contributed by atoms with Crippen molar-refractivity contribution >= 4 is 40.1 Å². The maximum atomic E-state index is 11.8. The molecular formula is C11H9ClIN3O2. The van der Waals surface area contributed by atoms with Gasteiger partial charge in [-0.3, -0.25) is 4.79 Å². The van der Waals surface area contributed by atoms with Gasteiger partial charge >= 0.3 is 0 Å². The van der Waals surface area contributed by atoms with Gasteiger partial charge in [0.2, 0.25) is 5.89 Å². The second-order valence-electron chi connectivity index (χ2n) is 3.47. The van der Waals surface area contributed by atoms with Crippen molar-refractivity contribution in [1.82, 2.24) is 15.5 Å². The third-order valence-electron chi connectivity index (χ3n) is 2.21. The van der Waals surface area contributed by atoms with Crippen LogP contribution in [0.1, 0.15) is 16.2 Å². The van der Waals surface area contributed by atoms with Gasteiger partial charge in [-0.05, 0) is 40.8 Å². The number of hydrogen-bond acceptors (Lipinski definition) is 4. The highest BCUT2D eigenvalue weighted by Gasteiger charge is 2.08. The Bertz CT molecular complexity index is 545. The van der Waals surface area contributed by atoms with Crippen LogP contribution in [-0.2, 0) is 6.42 Å². The Balaban J connectivity index is 1.89. The topological polar surface area (TPSA) is 68.0 Å². The molecule has 0 unspecified atom stereocenters. The van der Waals surface area contributed by atoms with Crippen molar-refractivity contribution in [3.8, 4) is 0 Å². The first-order chi connectivity index (χ1) is 8.66. The lowest BCUT2D eigenvalue weighted by Crippen LogP contribution is -2.25. The standard InChI is InChI=1S/C11H9ClIN3O2/c12-8-5-7(1-2-9(8)13)11(17)14-4-3-10-15-6-16-18-10/h1-2,5-6H,3-4H2,(H,14,17). The van der Waals surface area contributed by atoms with E-state index in [1.165, 1.54) is 6.33 Å². The van der Waals surface area contributed by atoms with Crippen LogP contribution in [0.3, 0.4) is 0 Å². The van der Waals surface area contributed by atoms with Crippen molar-refractivity contribution in [2.75, 3.05) is 6.54 Å². The first-order valence-corrected chi connectivity index (χ1v) is 6.61. The van der Waals surface area contributed by atoms with Gasteiger partial charge in [0.1, 0.15) is 0 Å². The quantitative estimate of drug-likeness (QED) is 0.830. The zero-order valence-electron chi connectivity index (χ0n) is 9.19. The van der Waals surface area contributed by atoms with Crippen LogP contribution >= 0.6 is 34.2 Å². The Morgan fingerprint density at radius 3 is 3.00 bits per heavy atom. The average molecular weight is 378 g/mol. The van der Waals surface area contributed by atoms with Crippen LogP contribution in [0.5, 0.6) is 0 Å². The zero-order chi connectivity index (χ0) is 13.0. The van der Waals surface area contributed by atoms with Crippen LogP contribution in [0, 0.1) is 3.57 Å². The van der Waals surface area contributed by atoms with E-state index < -0.39 is 0 Å². The second kappa shape index (κ2) is 6.14. The third-order valence-corrected chi connectivity index (χ3v) is 3.79. The molecule has 1 N–H and O–H groups in total. The molecule has 0 atom stereocenters. The maximum absolute atomic E-state index is 11.8. The summed E-state index contributed by atoms with van der Waals surface area (Å²) in [5.41, 5.74) is 0.533. The molecule has 2 rings (SSSR count). The Morgan fingerprint density at radius 1 is 1.50 bits per heavy atom. The molecule has 2 aromatic rings. The predicted octanol–water partition coefficient (Wildman–Crippen LogP) is 2.30. The highest BCUT2D eigenvalue weighted by atomic mass is 127. The molecule has 0 aliphatic carbocycles. The summed E-state index contributed by atoms with van der Waals surface area (Å²) in [5, 5.41) is 6.81. The normalized spacial score (nSPS) is 10.3. The van der Waals surface area contributed by atoms with Gasteiger partial charge in [-0.15, -0.1) is 0 Å². The largest absolute Gasteiger partial charge is 0.352 e. The van der Waals surface area contributed by atoms with Crippen LogP contribution in [0.4, 0.5) is 0 Å². The van der Waals surface area contributed by atoms with Gasteiger partial charge in [0.15, 0.2) is 6.33 Å². The molecule has 0 bridgehead atoms. The molecular weight excluding hydrogens is 368 g/mol. The SMILES string of the molecule is O=C(NCCc1ncno1)c1ccc(I)c(Cl)c1. The highest BCUT2D eigenvalue weighted by Crippen LogP contribution is 2.19. The molecule has 5 nitrogen and oxygen atoms in total. The minimum Gasteiger partial charge on any atom is -0.352 e. The molecule has 18 heavy (non-hydrogen) atoms. The first kappa shape index (κ1) is 13.3. The van der Waals surface area contributed by atoms with Crippen LogP contribution < -0.4 is 5.32 Å². The highest BCUT2D eigenvalue weighted by molar-refractivity contribution is 14.1. The average Bonchev–Trinajstić information content (AvgIpc) is 2.85. The number of carbonyl (C=O) groups excluding carboxylic acids is 1. The van der Waals surface area contributed by atoms with Gasteiger partial charge < -0.3 is 9.84 Å². The first-order valence-electron chi connectivity index (χ1n) is 5.15. The van der Waals surface area contributed by atoms with Gasteiger partial charge in [0.25, 0.3) is 5.91 Å². The fourth-order valence-electron chi connectivity index (χ4n) is 1.33. The number of carbonyl (C=O) groups is 1. The molecule has 0 aliphatic rings. The molecule has 1 aromatic heterocycles. The Labute approximate surface area is 122 Å². The van der Waals surface area contributed by atoms with Crippen molar-refractivity contribution in [1.29, 1.82) is 0 Å². The molecule has 0 fully saturated rings. The van der Waals surface area contributed by atoms with Gasteiger partial charge in [0, 0.05) is 22.1 Å². The maximum Gasteiger partial charge on any atom is 0.251 e. The Hall–Kier alpha value is -1.15. The fraction of sp³-hybridized carbons (Fsp3) is 0.182. The fourth-order valence-corrected chi connectivity index (χ4v) is 1.84. The van der Waals surface area contributed by atoms with Gasteiger partial charge in [-0.1, -0.05) is 16.8 Å². The summed E-state index contributed by atoms with van der Waals surface area (Å²) in [6.45, 7) is 0.435. The molecule has 1 amide bonds. The number of hydrogen-bond donors (Lipinski definition) is 1. The van der Waals surface area contributed by atoms with E-state index in [1.807, 2.05) is 0 Å². The van der Waals surface area contributed by atoms with E-state index >= 15 is 0 Å². The molecule has 0 saturated heterocycles. The number of aromatic nitrogens is 2. The van der Waals surface area contributed by atoms with Crippen LogP contribution in [-0.4, -0.2) is 22.6 Å². The van der Waals surface area contributed by atoms with Crippen molar-refractivity contribution in [2.24, 2.45) is 0 Å². The zero-order valence-corrected chi connectivity index (χ0v) is 12.1. The molecule has 1 heterocycles. The lowest BCUT2D eigenvalue weighted by atomic mass is 10.2. The van der Waals surface area contributed by atoms with Gasteiger partial charge in [-0.25, -0.2) is 0 Å². The van der Waals surface area contributed by atoms with E-state index in [0.717, 1.165) is 3.57 Å². The Morgan fingerprint density at radius 2 is 2.33 bits per heavy atom. The van der Waals surface area contributed by atoms with Crippen LogP contribution in [0.25, 0.3) is 0 Å². The molecule has 7 heteroatoms. The number of amides is 1. The molecule has 0 spiro atoms. The number of rotatable bonds is 4. The van der Waals surface area contributed by atoms with Crippen molar-refractivity contribution in [3.63, 3.8) is 0 Å². The molecule has 0 saturated carbocycles. The summed E-state index contributed by atoms with van der Waals surface area (Å²) in [4.78, 5) is 15.7. The van der Waals surface area contributed by atoms with Gasteiger partial charge in [0.05, 0.1) is 5.02 Å². The number of nitrogens with zero attached hydrogens (tertiary/aromatic N) is 2. The van der Waals surface area contributed by atoms with Crippen molar-refractivity contribution in [3.05, 3.63) is 44.6 Å². The summed E-state index contributed by atoms with van der Waals surface area (Å²) in [6.07, 6.45) is 1.83. The predicted molar refractivity (Wildman–Crippen MR) is 74.5 cm³/mol. The summed E-state index contributed by atoms with van der Waals surface area (Å²) in [5.74, 6) is 0.323. The molecule has 0 radical (unpaired) electrons. The Kier molecular flexibility index (Phi) is 4.54. The van der Waals surface area contributed by atoms with E-state index in [0.29, 0.717) is 29.4 Å². The summed E-state index contributed by atoms with van der Waals surface area (Å²) in [7, 11) is 0. The van der Waals surface area contributed by atoms with E-state index in [-0.39, 0.29) is 5.91 Å². The van der Waals surface area contributed by atoms with Crippen molar-refractivity contribution < 1.29 is 9.32 Å². The number of benzene rings is 1. The third kappa shape index (κ3) is 3.42. The minimum absolute atomic E-state index is 0.173. The smallest absolute Gasteiger partial charge is 0.251 e. The van der Waals surface area contributed by atoms with Crippen LogP contribution in [0.15, 0.2) is 29.0 Å². The lowest BCUT2D eigenvalue weighted by Gasteiger charge is -2.04. The van der Waals surface area contributed by atoms with Crippen LogP contribution in [0.2, 0.25) is 5.02 Å².